The summed E-state index contributed by atoms with van der Waals surface area (Å²) in [6.45, 7) is 3.01. The first kappa shape index (κ1) is 12.4. The molecule has 1 rings (SSSR count). The summed E-state index contributed by atoms with van der Waals surface area (Å²) in [6, 6.07) is 8.80. The number of ketones is 1. The quantitative estimate of drug-likeness (QED) is 0.783. The van der Waals surface area contributed by atoms with E-state index in [1.54, 1.807) is 31.2 Å². The first-order chi connectivity index (χ1) is 7.47. The molecule has 4 nitrogen and oxygen atoms in total. The molecule has 0 saturated carbocycles. The van der Waals surface area contributed by atoms with Crippen LogP contribution in [0.3, 0.4) is 0 Å². The van der Waals surface area contributed by atoms with Gasteiger partial charge in [-0.05, 0) is 19.4 Å². The Labute approximate surface area is 94.3 Å². The standard InChI is InChI=1S/C12H15NO3/c1-9(14)8-13-12(2,11(15)16)10-6-4-3-5-7-10/h3-7,13H,8H2,1-2H3,(H,15,16). The third-order valence-corrected chi connectivity index (χ3v) is 2.47. The molecule has 1 aromatic rings. The third kappa shape index (κ3) is 2.67. The Morgan fingerprint density at radius 3 is 2.31 bits per heavy atom. The number of aliphatic carboxylic acids is 1. The van der Waals surface area contributed by atoms with E-state index in [1.165, 1.54) is 6.92 Å². The highest BCUT2D eigenvalue weighted by molar-refractivity contribution is 5.82. The summed E-state index contributed by atoms with van der Waals surface area (Å²) in [7, 11) is 0. The van der Waals surface area contributed by atoms with Crippen LogP contribution < -0.4 is 5.32 Å². The lowest BCUT2D eigenvalue weighted by Crippen LogP contribution is -2.48. The van der Waals surface area contributed by atoms with Gasteiger partial charge >= 0.3 is 5.97 Å². The molecule has 0 aromatic heterocycles. The molecule has 1 atom stereocenters. The second-order valence-electron chi connectivity index (χ2n) is 3.85. The summed E-state index contributed by atoms with van der Waals surface area (Å²) in [6.07, 6.45) is 0. The fraction of sp³-hybridized carbons (Fsp3) is 0.333. The molecular formula is C12H15NO3. The Morgan fingerprint density at radius 1 is 1.31 bits per heavy atom. The minimum atomic E-state index is -1.23. The van der Waals surface area contributed by atoms with Crippen LogP contribution in [0.4, 0.5) is 0 Å². The summed E-state index contributed by atoms with van der Waals surface area (Å²) in [4.78, 5) is 22.1. The van der Waals surface area contributed by atoms with Crippen molar-refractivity contribution in [3.8, 4) is 0 Å². The van der Waals surface area contributed by atoms with E-state index < -0.39 is 11.5 Å². The lowest BCUT2D eigenvalue weighted by molar-refractivity contribution is -0.144. The molecule has 0 spiro atoms. The highest BCUT2D eigenvalue weighted by Crippen LogP contribution is 2.20. The van der Waals surface area contributed by atoms with Crippen LogP contribution in [-0.2, 0) is 15.1 Å². The van der Waals surface area contributed by atoms with E-state index in [1.807, 2.05) is 6.07 Å². The van der Waals surface area contributed by atoms with Gasteiger partial charge in [0, 0.05) is 0 Å². The molecule has 0 radical (unpaired) electrons. The number of carboxylic acids is 1. The molecule has 0 aliphatic carbocycles. The van der Waals surface area contributed by atoms with Crippen LogP contribution in [0.25, 0.3) is 0 Å². The number of carboxylic acid groups (broad SMARTS) is 1. The van der Waals surface area contributed by atoms with Gasteiger partial charge < -0.3 is 5.11 Å². The van der Waals surface area contributed by atoms with Crippen molar-refractivity contribution in [1.29, 1.82) is 0 Å². The van der Waals surface area contributed by atoms with Gasteiger partial charge in [-0.2, -0.15) is 0 Å². The normalized spacial score (nSPS) is 14.1. The zero-order chi connectivity index (χ0) is 12.2. The summed E-state index contributed by atoms with van der Waals surface area (Å²) in [5.41, 5.74) is -0.601. The molecule has 4 heteroatoms. The minimum Gasteiger partial charge on any atom is -0.480 e. The first-order valence-electron chi connectivity index (χ1n) is 5.00. The number of benzene rings is 1. The molecule has 0 aliphatic heterocycles. The summed E-state index contributed by atoms with van der Waals surface area (Å²) in [5, 5.41) is 12.0. The van der Waals surface area contributed by atoms with Gasteiger partial charge in [0.25, 0.3) is 0 Å². The van der Waals surface area contributed by atoms with Crippen molar-refractivity contribution >= 4 is 11.8 Å². The van der Waals surface area contributed by atoms with Crippen molar-refractivity contribution in [3.63, 3.8) is 0 Å². The van der Waals surface area contributed by atoms with Gasteiger partial charge in [-0.1, -0.05) is 30.3 Å². The largest absolute Gasteiger partial charge is 0.480 e. The van der Waals surface area contributed by atoms with Crippen molar-refractivity contribution in [3.05, 3.63) is 35.9 Å². The van der Waals surface area contributed by atoms with E-state index in [9.17, 15) is 14.7 Å². The molecule has 86 valence electrons. The topological polar surface area (TPSA) is 66.4 Å². The molecule has 1 aromatic carbocycles. The fourth-order valence-electron chi connectivity index (χ4n) is 1.37. The number of Topliss-reactive ketones (excluding diaryl/α,β-unsaturated/α-hetero) is 1. The zero-order valence-electron chi connectivity index (χ0n) is 9.36. The maximum atomic E-state index is 11.3. The fourth-order valence-corrected chi connectivity index (χ4v) is 1.37. The van der Waals surface area contributed by atoms with Gasteiger partial charge in [0.05, 0.1) is 6.54 Å². The van der Waals surface area contributed by atoms with Gasteiger partial charge in [0.2, 0.25) is 0 Å². The first-order valence-corrected chi connectivity index (χ1v) is 5.00. The second kappa shape index (κ2) is 4.90. The van der Waals surface area contributed by atoms with Crippen LogP contribution in [0.5, 0.6) is 0 Å². The average molecular weight is 221 g/mol. The monoisotopic (exact) mass is 221 g/mol. The minimum absolute atomic E-state index is 0.0394. The molecule has 0 amide bonds. The van der Waals surface area contributed by atoms with Crippen LogP contribution >= 0.6 is 0 Å². The SMILES string of the molecule is CC(=O)CNC(C)(C(=O)O)c1ccccc1. The average Bonchev–Trinajstić information content (AvgIpc) is 2.26. The zero-order valence-corrected chi connectivity index (χ0v) is 9.36. The second-order valence-corrected chi connectivity index (χ2v) is 3.85. The Hall–Kier alpha value is -1.68. The van der Waals surface area contributed by atoms with E-state index >= 15 is 0 Å². The lowest BCUT2D eigenvalue weighted by atomic mass is 9.92. The van der Waals surface area contributed by atoms with E-state index in [-0.39, 0.29) is 12.3 Å². The van der Waals surface area contributed by atoms with Crippen molar-refractivity contribution in [1.82, 2.24) is 5.32 Å². The number of carbonyl (C=O) groups excluding carboxylic acids is 1. The number of rotatable bonds is 5. The highest BCUT2D eigenvalue weighted by atomic mass is 16.4. The predicted octanol–water partition coefficient (Wildman–Crippen LogP) is 1.16. The molecule has 2 N–H and O–H groups in total. The summed E-state index contributed by atoms with van der Waals surface area (Å²) >= 11 is 0. The molecule has 0 saturated heterocycles. The van der Waals surface area contributed by atoms with Gasteiger partial charge in [-0.3, -0.25) is 10.1 Å². The number of carbonyl (C=O) groups is 2. The summed E-state index contributed by atoms with van der Waals surface area (Å²) < 4.78 is 0. The summed E-state index contributed by atoms with van der Waals surface area (Å²) in [5.74, 6) is -1.09. The maximum absolute atomic E-state index is 11.3. The van der Waals surface area contributed by atoms with Crippen molar-refractivity contribution in [2.45, 2.75) is 19.4 Å². The van der Waals surface area contributed by atoms with E-state index in [0.717, 1.165) is 0 Å². The Kier molecular flexibility index (Phi) is 3.79. The molecule has 0 fully saturated rings. The Morgan fingerprint density at radius 2 is 1.88 bits per heavy atom. The molecule has 0 bridgehead atoms. The van der Waals surface area contributed by atoms with Gasteiger partial charge in [-0.15, -0.1) is 0 Å². The van der Waals surface area contributed by atoms with E-state index in [4.69, 9.17) is 0 Å². The highest BCUT2D eigenvalue weighted by Gasteiger charge is 2.34. The number of nitrogens with one attached hydrogen (secondary N) is 1. The van der Waals surface area contributed by atoms with Gasteiger partial charge in [-0.25, -0.2) is 4.79 Å². The maximum Gasteiger partial charge on any atom is 0.328 e. The third-order valence-electron chi connectivity index (χ3n) is 2.47. The van der Waals surface area contributed by atoms with E-state index in [0.29, 0.717) is 5.56 Å². The Balaban J connectivity index is 2.98. The van der Waals surface area contributed by atoms with Crippen molar-refractivity contribution < 1.29 is 14.7 Å². The van der Waals surface area contributed by atoms with Crippen molar-refractivity contribution in [2.75, 3.05) is 6.54 Å². The molecule has 1 unspecified atom stereocenters. The number of hydrogen-bond acceptors (Lipinski definition) is 3. The van der Waals surface area contributed by atoms with Crippen LogP contribution in [0.1, 0.15) is 19.4 Å². The van der Waals surface area contributed by atoms with Gasteiger partial charge in [0.15, 0.2) is 0 Å². The molecule has 0 heterocycles. The Bertz CT molecular complexity index is 389. The predicted molar refractivity (Wildman–Crippen MR) is 60.1 cm³/mol. The van der Waals surface area contributed by atoms with Crippen LogP contribution in [0.2, 0.25) is 0 Å². The van der Waals surface area contributed by atoms with Crippen molar-refractivity contribution in [2.24, 2.45) is 0 Å². The van der Waals surface area contributed by atoms with E-state index in [2.05, 4.69) is 5.32 Å². The van der Waals surface area contributed by atoms with Crippen LogP contribution in [-0.4, -0.2) is 23.4 Å². The molecule has 0 aliphatic rings. The smallest absolute Gasteiger partial charge is 0.328 e. The lowest BCUT2D eigenvalue weighted by Gasteiger charge is -2.26. The number of hydrogen-bond donors (Lipinski definition) is 2. The van der Waals surface area contributed by atoms with Gasteiger partial charge in [0.1, 0.15) is 11.3 Å². The van der Waals surface area contributed by atoms with Crippen LogP contribution in [0.15, 0.2) is 30.3 Å². The molecule has 16 heavy (non-hydrogen) atoms. The molecular weight excluding hydrogens is 206 g/mol. The van der Waals surface area contributed by atoms with Crippen LogP contribution in [0, 0.1) is 0 Å².